The molecule has 1 unspecified atom stereocenters. The number of hydrogen-bond acceptors (Lipinski definition) is 6. The summed E-state index contributed by atoms with van der Waals surface area (Å²) >= 11 is 1.55. The van der Waals surface area contributed by atoms with Gasteiger partial charge in [-0.25, -0.2) is 9.97 Å². The molecule has 6 heteroatoms. The zero-order chi connectivity index (χ0) is 16.4. The molecule has 122 valence electrons. The lowest BCUT2D eigenvalue weighted by molar-refractivity contribution is 0.285. The van der Waals surface area contributed by atoms with E-state index in [1.807, 2.05) is 18.2 Å². The molecule has 1 fully saturated rings. The van der Waals surface area contributed by atoms with Crippen molar-refractivity contribution in [3.8, 4) is 10.6 Å². The quantitative estimate of drug-likeness (QED) is 0.803. The van der Waals surface area contributed by atoms with Crippen LogP contribution in [0, 0.1) is 0 Å². The topological polar surface area (TPSA) is 70.1 Å². The average molecular weight is 330 g/mol. The maximum atomic E-state index is 9.19. The second kappa shape index (κ2) is 6.29. The lowest BCUT2D eigenvalue weighted by Crippen LogP contribution is -2.48. The van der Waals surface area contributed by atoms with Gasteiger partial charge < -0.3 is 15.7 Å². The highest BCUT2D eigenvalue weighted by atomic mass is 32.1. The summed E-state index contributed by atoms with van der Waals surface area (Å²) in [6, 6.07) is 6.07. The van der Waals surface area contributed by atoms with Crippen molar-refractivity contribution in [2.24, 2.45) is 0 Å². The molecule has 3 rings (SSSR count). The fraction of sp³-hybridized carbons (Fsp3) is 0.412. The number of hydrogen-bond donors (Lipinski definition) is 3. The third-order valence-corrected chi connectivity index (χ3v) is 4.92. The van der Waals surface area contributed by atoms with Crippen molar-refractivity contribution in [1.29, 1.82) is 0 Å². The monoisotopic (exact) mass is 330 g/mol. The number of aromatic nitrogens is 2. The lowest BCUT2D eigenvalue weighted by Gasteiger charge is -2.38. The molecule has 1 atom stereocenters. The van der Waals surface area contributed by atoms with Crippen LogP contribution in [0.4, 0.5) is 5.95 Å². The minimum atomic E-state index is 0.0222. The molecule has 1 saturated heterocycles. The standard InChI is InChI=1S/C17H22N4OS/c1-11-8-12(9-17(2,3)21-11)19-16-18-7-6-14(20-16)15-5-4-13(10-22)23-15/h4-7,12,21-22H,1,8-10H2,2-3H3,(H,18,19,20). The molecule has 3 heterocycles. The van der Waals surface area contributed by atoms with Crippen LogP contribution in [0.25, 0.3) is 10.6 Å². The summed E-state index contributed by atoms with van der Waals surface area (Å²) in [5.74, 6) is 0.636. The van der Waals surface area contributed by atoms with Gasteiger partial charge in [-0.1, -0.05) is 6.58 Å². The number of piperidine rings is 1. The Morgan fingerprint density at radius 1 is 1.43 bits per heavy atom. The van der Waals surface area contributed by atoms with Gasteiger partial charge in [0.05, 0.1) is 17.2 Å². The molecule has 23 heavy (non-hydrogen) atoms. The average Bonchev–Trinajstić information content (AvgIpc) is 2.94. The molecule has 0 saturated carbocycles. The first-order chi connectivity index (χ1) is 10.9. The Bertz CT molecular complexity index is 710. The van der Waals surface area contributed by atoms with Crippen molar-refractivity contribution < 1.29 is 5.11 Å². The van der Waals surface area contributed by atoms with Crippen molar-refractivity contribution >= 4 is 17.3 Å². The van der Waals surface area contributed by atoms with Crippen molar-refractivity contribution in [2.75, 3.05) is 5.32 Å². The summed E-state index contributed by atoms with van der Waals surface area (Å²) < 4.78 is 0. The predicted molar refractivity (Wildman–Crippen MR) is 94.3 cm³/mol. The van der Waals surface area contributed by atoms with Crippen LogP contribution in [0.1, 0.15) is 31.6 Å². The first-order valence-corrected chi connectivity index (χ1v) is 8.52. The van der Waals surface area contributed by atoms with Gasteiger partial charge in [0.1, 0.15) is 0 Å². The Balaban J connectivity index is 1.76. The second-order valence-corrected chi connectivity index (χ2v) is 7.72. The second-order valence-electron chi connectivity index (χ2n) is 6.55. The van der Waals surface area contributed by atoms with Crippen molar-refractivity contribution in [3.05, 3.63) is 41.5 Å². The van der Waals surface area contributed by atoms with Crippen LogP contribution < -0.4 is 10.6 Å². The van der Waals surface area contributed by atoms with Gasteiger partial charge in [0.15, 0.2) is 0 Å². The van der Waals surface area contributed by atoms with E-state index in [0.29, 0.717) is 5.95 Å². The third kappa shape index (κ3) is 3.89. The summed E-state index contributed by atoms with van der Waals surface area (Å²) in [5.41, 5.74) is 1.94. The van der Waals surface area contributed by atoms with Gasteiger partial charge in [0, 0.05) is 34.8 Å². The Hall–Kier alpha value is -1.92. The molecule has 0 bridgehead atoms. The maximum absolute atomic E-state index is 9.19. The Morgan fingerprint density at radius 3 is 2.96 bits per heavy atom. The Kier molecular flexibility index (Phi) is 4.37. The van der Waals surface area contributed by atoms with Crippen LogP contribution in [0.15, 0.2) is 36.7 Å². The number of nitrogens with one attached hydrogen (secondary N) is 2. The van der Waals surface area contributed by atoms with Gasteiger partial charge >= 0.3 is 0 Å². The molecule has 3 N–H and O–H groups in total. The molecule has 0 spiro atoms. The number of rotatable bonds is 4. The number of thiophene rings is 1. The van der Waals surface area contributed by atoms with E-state index in [2.05, 4.69) is 41.0 Å². The summed E-state index contributed by atoms with van der Waals surface area (Å²) in [4.78, 5) is 10.9. The molecule has 0 aromatic carbocycles. The lowest BCUT2D eigenvalue weighted by atomic mass is 9.88. The van der Waals surface area contributed by atoms with Gasteiger partial charge in [-0.2, -0.15) is 0 Å². The Labute approximate surface area is 140 Å². The maximum Gasteiger partial charge on any atom is 0.223 e. The minimum Gasteiger partial charge on any atom is -0.391 e. The first-order valence-electron chi connectivity index (χ1n) is 7.71. The summed E-state index contributed by atoms with van der Waals surface area (Å²) in [6.07, 6.45) is 3.61. The number of aliphatic hydroxyl groups is 1. The molecule has 0 radical (unpaired) electrons. The van der Waals surface area contributed by atoms with Crippen molar-refractivity contribution in [2.45, 2.75) is 44.9 Å². The molecular weight excluding hydrogens is 308 g/mol. The zero-order valence-electron chi connectivity index (χ0n) is 13.5. The van der Waals surface area contributed by atoms with E-state index in [0.717, 1.165) is 34.0 Å². The van der Waals surface area contributed by atoms with Gasteiger partial charge in [-0.15, -0.1) is 11.3 Å². The van der Waals surface area contributed by atoms with E-state index >= 15 is 0 Å². The smallest absolute Gasteiger partial charge is 0.223 e. The summed E-state index contributed by atoms with van der Waals surface area (Å²) in [6.45, 7) is 8.47. The predicted octanol–water partition coefficient (Wildman–Crippen LogP) is 3.15. The van der Waals surface area contributed by atoms with Crippen LogP contribution in [-0.4, -0.2) is 26.7 Å². The van der Waals surface area contributed by atoms with E-state index in [1.165, 1.54) is 0 Å². The van der Waals surface area contributed by atoms with Crippen LogP contribution in [0.3, 0.4) is 0 Å². The SMILES string of the molecule is C=C1CC(Nc2nccc(-c3ccc(CO)s3)n2)CC(C)(C)N1. The molecule has 1 aliphatic rings. The normalized spacial score (nSPS) is 20.1. The van der Waals surface area contributed by atoms with E-state index in [-0.39, 0.29) is 18.2 Å². The summed E-state index contributed by atoms with van der Waals surface area (Å²) in [5, 5.41) is 16.0. The van der Waals surface area contributed by atoms with E-state index < -0.39 is 0 Å². The van der Waals surface area contributed by atoms with Crippen LogP contribution in [0.5, 0.6) is 0 Å². The Morgan fingerprint density at radius 2 is 2.26 bits per heavy atom. The highest BCUT2D eigenvalue weighted by molar-refractivity contribution is 7.15. The van der Waals surface area contributed by atoms with Gasteiger partial charge in [0.2, 0.25) is 5.95 Å². The number of nitrogens with zero attached hydrogens (tertiary/aromatic N) is 2. The molecule has 2 aromatic rings. The minimum absolute atomic E-state index is 0.0222. The fourth-order valence-electron chi connectivity index (χ4n) is 3.02. The molecule has 2 aromatic heterocycles. The van der Waals surface area contributed by atoms with E-state index in [9.17, 15) is 5.11 Å². The molecule has 0 amide bonds. The largest absolute Gasteiger partial charge is 0.391 e. The third-order valence-electron chi connectivity index (χ3n) is 3.82. The van der Waals surface area contributed by atoms with Crippen molar-refractivity contribution in [1.82, 2.24) is 15.3 Å². The first kappa shape index (κ1) is 16.0. The highest BCUT2D eigenvalue weighted by Gasteiger charge is 2.29. The number of aliphatic hydroxyl groups excluding tert-OH is 1. The van der Waals surface area contributed by atoms with Crippen LogP contribution >= 0.6 is 11.3 Å². The summed E-state index contributed by atoms with van der Waals surface area (Å²) in [7, 11) is 0. The van der Waals surface area contributed by atoms with Gasteiger partial charge in [-0.05, 0) is 38.5 Å². The fourth-order valence-corrected chi connectivity index (χ4v) is 3.85. The van der Waals surface area contributed by atoms with Crippen LogP contribution in [0.2, 0.25) is 0 Å². The molecular formula is C17H22N4OS. The number of anilines is 1. The van der Waals surface area contributed by atoms with Crippen LogP contribution in [-0.2, 0) is 6.61 Å². The van der Waals surface area contributed by atoms with E-state index in [4.69, 9.17) is 0 Å². The van der Waals surface area contributed by atoms with E-state index in [1.54, 1.807) is 17.5 Å². The molecule has 5 nitrogen and oxygen atoms in total. The highest BCUT2D eigenvalue weighted by Crippen LogP contribution is 2.28. The molecule has 1 aliphatic heterocycles. The van der Waals surface area contributed by atoms with Gasteiger partial charge in [-0.3, -0.25) is 0 Å². The molecule has 0 aliphatic carbocycles. The van der Waals surface area contributed by atoms with Gasteiger partial charge in [0.25, 0.3) is 0 Å². The zero-order valence-corrected chi connectivity index (χ0v) is 14.3. The van der Waals surface area contributed by atoms with Crippen molar-refractivity contribution in [3.63, 3.8) is 0 Å².